The number of aromatic amines is 1. The molecule has 0 radical (unpaired) electrons. The zero-order valence-corrected chi connectivity index (χ0v) is 13.2. The number of nitrogens with one attached hydrogen (secondary N) is 2. The standard InChI is InChI=1S/C13H13N7.HI/c14-13(19-17-9-11-1-5-15-6-2-11)20-18-10-12-3-7-16-8-4-12;/h1-10H,(H3,14,19,20);1H. The molecule has 2 heterocycles. The van der Waals surface area contributed by atoms with Crippen LogP contribution in [0.1, 0.15) is 11.1 Å². The second-order valence-corrected chi connectivity index (χ2v) is 3.71. The summed E-state index contributed by atoms with van der Waals surface area (Å²) in [6, 6.07) is 7.38. The summed E-state index contributed by atoms with van der Waals surface area (Å²) in [7, 11) is 0. The molecule has 4 N–H and O–H groups in total. The fraction of sp³-hybridized carbons (Fsp3) is 0. The molecule has 7 nitrogen and oxygen atoms in total. The van der Waals surface area contributed by atoms with Crippen molar-refractivity contribution < 1.29 is 29.0 Å². The molecule has 2 rings (SSSR count). The summed E-state index contributed by atoms with van der Waals surface area (Å²) >= 11 is 0. The van der Waals surface area contributed by atoms with Crippen LogP contribution in [0.5, 0.6) is 0 Å². The molecular weight excluding hydrogens is 381 g/mol. The second kappa shape index (κ2) is 9.53. The number of rotatable bonds is 4. The molecule has 0 aliphatic rings. The Morgan fingerprint density at radius 1 is 1.10 bits per heavy atom. The number of pyridine rings is 2. The van der Waals surface area contributed by atoms with Crippen molar-refractivity contribution in [2.75, 3.05) is 0 Å². The lowest BCUT2D eigenvalue weighted by molar-refractivity contribution is -0.378. The summed E-state index contributed by atoms with van der Waals surface area (Å²) in [6.45, 7) is 0. The minimum Gasteiger partial charge on any atom is -1.00 e. The van der Waals surface area contributed by atoms with E-state index in [0.717, 1.165) is 11.1 Å². The Kier molecular flexibility index (Phi) is 7.58. The van der Waals surface area contributed by atoms with Crippen molar-refractivity contribution in [3.63, 3.8) is 0 Å². The van der Waals surface area contributed by atoms with Gasteiger partial charge in [-0.3, -0.25) is 4.98 Å². The Balaban J connectivity index is 0.00000220. The van der Waals surface area contributed by atoms with Crippen LogP contribution < -0.4 is 40.1 Å². The van der Waals surface area contributed by atoms with E-state index in [-0.39, 0.29) is 29.9 Å². The van der Waals surface area contributed by atoms with Gasteiger partial charge in [-0.05, 0) is 17.7 Å². The number of nitrogens with zero attached hydrogens (tertiary/aromatic N) is 4. The van der Waals surface area contributed by atoms with Crippen LogP contribution in [0, 0.1) is 0 Å². The third-order valence-corrected chi connectivity index (χ3v) is 2.22. The minimum atomic E-state index is 0. The smallest absolute Gasteiger partial charge is 0.234 e. The first-order chi connectivity index (χ1) is 9.84. The largest absolute Gasteiger partial charge is 1.00 e. The molecule has 0 aliphatic heterocycles. The summed E-state index contributed by atoms with van der Waals surface area (Å²) < 4.78 is 0. The van der Waals surface area contributed by atoms with Crippen molar-refractivity contribution in [3.05, 3.63) is 60.2 Å². The van der Waals surface area contributed by atoms with E-state index in [9.17, 15) is 0 Å². The average molecular weight is 395 g/mol. The summed E-state index contributed by atoms with van der Waals surface area (Å²) in [5.74, 6) is 0.106. The molecule has 2 aromatic heterocycles. The van der Waals surface area contributed by atoms with Gasteiger partial charge < -0.3 is 29.7 Å². The van der Waals surface area contributed by atoms with Crippen LogP contribution in [0.25, 0.3) is 0 Å². The third-order valence-electron chi connectivity index (χ3n) is 2.22. The Labute approximate surface area is 139 Å². The summed E-state index contributed by atoms with van der Waals surface area (Å²) in [5.41, 5.74) is 9.99. The van der Waals surface area contributed by atoms with Gasteiger partial charge in [-0.15, -0.1) is 5.10 Å². The molecule has 2 aromatic rings. The van der Waals surface area contributed by atoms with E-state index in [1.807, 2.05) is 24.3 Å². The molecule has 0 atom stereocenters. The number of hydrogen-bond acceptors (Lipinski definition) is 4. The van der Waals surface area contributed by atoms with Gasteiger partial charge in [0.25, 0.3) is 0 Å². The van der Waals surface area contributed by atoms with Crippen LogP contribution in [-0.4, -0.2) is 23.4 Å². The number of H-pyrrole nitrogens is 1. The maximum Gasteiger partial charge on any atom is 0.234 e. The fourth-order valence-electron chi connectivity index (χ4n) is 1.29. The van der Waals surface area contributed by atoms with Gasteiger partial charge in [0.05, 0.1) is 12.4 Å². The highest BCUT2D eigenvalue weighted by atomic mass is 127. The number of hydrogen-bond donors (Lipinski definition) is 2. The highest BCUT2D eigenvalue weighted by molar-refractivity contribution is 5.84. The van der Waals surface area contributed by atoms with Crippen LogP contribution >= 0.6 is 0 Å². The van der Waals surface area contributed by atoms with E-state index in [2.05, 4.69) is 30.7 Å². The SMILES string of the molecule is NC(=NN=Cc1cc[nH+]cc1)NN=Cc1ccncc1.[I-]. The van der Waals surface area contributed by atoms with E-state index in [1.165, 1.54) is 0 Å². The van der Waals surface area contributed by atoms with Crippen LogP contribution in [0.2, 0.25) is 0 Å². The Morgan fingerprint density at radius 3 is 2.48 bits per heavy atom. The molecule has 0 bridgehead atoms. The van der Waals surface area contributed by atoms with E-state index in [4.69, 9.17) is 5.73 Å². The Morgan fingerprint density at radius 2 is 1.76 bits per heavy atom. The van der Waals surface area contributed by atoms with Gasteiger partial charge in [0, 0.05) is 30.1 Å². The molecule has 0 unspecified atom stereocenters. The van der Waals surface area contributed by atoms with Crippen molar-refractivity contribution >= 4 is 18.4 Å². The van der Waals surface area contributed by atoms with Crippen molar-refractivity contribution in [1.82, 2.24) is 10.4 Å². The lowest BCUT2D eigenvalue weighted by Gasteiger charge is -1.95. The summed E-state index contributed by atoms with van der Waals surface area (Å²) in [4.78, 5) is 6.82. The topological polar surface area (TPSA) is 102 Å². The number of nitrogens with two attached hydrogens (primary N) is 1. The molecule has 8 heteroatoms. The summed E-state index contributed by atoms with van der Waals surface area (Å²) in [5, 5.41) is 11.5. The van der Waals surface area contributed by atoms with E-state index >= 15 is 0 Å². The van der Waals surface area contributed by atoms with E-state index in [0.29, 0.717) is 0 Å². The molecule has 108 valence electrons. The number of aromatic nitrogens is 2. The number of guanidine groups is 1. The second-order valence-electron chi connectivity index (χ2n) is 3.71. The van der Waals surface area contributed by atoms with E-state index in [1.54, 1.807) is 37.2 Å². The Hall–Kier alpha value is -2.36. The highest BCUT2D eigenvalue weighted by Crippen LogP contribution is 1.90. The molecule has 0 aliphatic carbocycles. The predicted octanol–water partition coefficient (Wildman–Crippen LogP) is -2.83. The molecule has 21 heavy (non-hydrogen) atoms. The molecule has 0 amide bonds. The molecule has 0 fully saturated rings. The fourth-order valence-corrected chi connectivity index (χ4v) is 1.29. The van der Waals surface area contributed by atoms with Gasteiger partial charge in [-0.25, -0.2) is 10.4 Å². The first-order valence-electron chi connectivity index (χ1n) is 5.86. The van der Waals surface area contributed by atoms with Crippen molar-refractivity contribution in [2.24, 2.45) is 21.0 Å². The quantitative estimate of drug-likeness (QED) is 0.253. The minimum absolute atomic E-state index is 0. The molecule has 0 spiro atoms. The van der Waals surface area contributed by atoms with Gasteiger partial charge in [-0.2, -0.15) is 10.2 Å². The first kappa shape index (κ1) is 16.7. The lowest BCUT2D eigenvalue weighted by Crippen LogP contribution is -3.00. The summed E-state index contributed by atoms with van der Waals surface area (Å²) in [6.07, 6.45) is 10.2. The number of hydrazone groups is 1. The van der Waals surface area contributed by atoms with Gasteiger partial charge in [0.2, 0.25) is 5.96 Å². The Bertz CT molecular complexity index is 611. The lowest BCUT2D eigenvalue weighted by atomic mass is 10.3. The normalized spacial score (nSPS) is 11.5. The zero-order valence-electron chi connectivity index (χ0n) is 11.0. The zero-order chi connectivity index (χ0) is 14.0. The maximum atomic E-state index is 5.59. The van der Waals surface area contributed by atoms with Crippen molar-refractivity contribution in [1.29, 1.82) is 0 Å². The first-order valence-corrected chi connectivity index (χ1v) is 5.86. The monoisotopic (exact) mass is 395 g/mol. The maximum absolute atomic E-state index is 5.59. The highest BCUT2D eigenvalue weighted by Gasteiger charge is 1.89. The molecular formula is C13H14IN7. The van der Waals surface area contributed by atoms with Crippen LogP contribution in [0.4, 0.5) is 0 Å². The van der Waals surface area contributed by atoms with Crippen molar-refractivity contribution in [2.45, 2.75) is 0 Å². The van der Waals surface area contributed by atoms with Crippen LogP contribution in [0.3, 0.4) is 0 Å². The molecule has 0 saturated carbocycles. The van der Waals surface area contributed by atoms with Gasteiger partial charge >= 0.3 is 0 Å². The van der Waals surface area contributed by atoms with Gasteiger partial charge in [0.1, 0.15) is 0 Å². The van der Waals surface area contributed by atoms with Gasteiger partial charge in [-0.1, -0.05) is 0 Å². The van der Waals surface area contributed by atoms with Gasteiger partial charge in [0.15, 0.2) is 12.4 Å². The van der Waals surface area contributed by atoms with E-state index < -0.39 is 0 Å². The predicted molar refractivity (Wildman–Crippen MR) is 77.2 cm³/mol. The van der Waals surface area contributed by atoms with Crippen LogP contribution in [0.15, 0.2) is 64.4 Å². The third kappa shape index (κ3) is 6.56. The number of halogens is 1. The van der Waals surface area contributed by atoms with Crippen molar-refractivity contribution in [3.8, 4) is 0 Å². The molecule has 0 aromatic carbocycles. The molecule has 0 saturated heterocycles. The average Bonchev–Trinajstić information content (AvgIpc) is 2.49. The van der Waals surface area contributed by atoms with Crippen LogP contribution in [-0.2, 0) is 0 Å².